The Morgan fingerprint density at radius 1 is 0.529 bits per heavy atom. The van der Waals surface area contributed by atoms with Gasteiger partial charge in [0, 0.05) is 22.4 Å². The summed E-state index contributed by atoms with van der Waals surface area (Å²) in [5.74, 6) is 0. The molecule has 0 amide bonds. The molecular weight excluding hydrogens is 308 g/mol. The summed E-state index contributed by atoms with van der Waals surface area (Å²) in [6, 6.07) is 11.0. The quantitative estimate of drug-likeness (QED) is 0.474. The summed E-state index contributed by atoms with van der Waals surface area (Å²) in [5, 5.41) is 0. The minimum absolute atomic E-state index is 0. The van der Waals surface area contributed by atoms with E-state index in [0.29, 0.717) is 22.7 Å². The van der Waals surface area contributed by atoms with Crippen LogP contribution in [0.2, 0.25) is 0 Å². The Morgan fingerprint density at radius 3 is 1.18 bits per heavy atom. The van der Waals surface area contributed by atoms with Crippen LogP contribution in [0.5, 0.6) is 0 Å². The molecule has 2 aromatic carbocycles. The maximum absolute atomic E-state index is 5.74. The number of benzene rings is 2. The normalized spacial score (nSPS) is 9.65. The van der Waals surface area contributed by atoms with E-state index in [-0.39, 0.29) is 22.4 Å². The fourth-order valence-electron chi connectivity index (χ4n) is 1.51. The number of rotatable bonds is 1. The van der Waals surface area contributed by atoms with E-state index in [9.17, 15) is 0 Å². The van der Waals surface area contributed by atoms with Crippen molar-refractivity contribution >= 4 is 22.7 Å². The van der Waals surface area contributed by atoms with E-state index in [4.69, 9.17) is 22.9 Å². The number of anilines is 4. The summed E-state index contributed by atoms with van der Waals surface area (Å²) < 4.78 is 0. The Morgan fingerprint density at radius 2 is 0.882 bits per heavy atom. The molecule has 93 valence electrons. The van der Waals surface area contributed by atoms with Crippen molar-refractivity contribution in [1.82, 2.24) is 0 Å². The predicted octanol–water partition coefficient (Wildman–Crippen LogP) is 1.68. The van der Waals surface area contributed by atoms with Crippen molar-refractivity contribution in [2.45, 2.75) is 0 Å². The second-order valence-electron chi connectivity index (χ2n) is 3.69. The van der Waals surface area contributed by atoms with Crippen LogP contribution >= 0.6 is 0 Å². The molecule has 0 atom stereocenters. The minimum Gasteiger partial charge on any atom is -0.397 e. The van der Waals surface area contributed by atoms with Crippen LogP contribution in [-0.2, 0) is 22.4 Å². The van der Waals surface area contributed by atoms with Crippen LogP contribution in [0.15, 0.2) is 36.4 Å². The summed E-state index contributed by atoms with van der Waals surface area (Å²) >= 11 is 0. The van der Waals surface area contributed by atoms with Gasteiger partial charge in [0.2, 0.25) is 0 Å². The van der Waals surface area contributed by atoms with Gasteiger partial charge in [-0.05, 0) is 35.4 Å². The first-order valence-electron chi connectivity index (χ1n) is 4.88. The molecule has 2 rings (SSSR count). The zero-order valence-corrected chi connectivity index (χ0v) is 10.6. The Bertz CT molecular complexity index is 491. The van der Waals surface area contributed by atoms with Gasteiger partial charge in [0.1, 0.15) is 0 Å². The monoisotopic (exact) mass is 321 g/mol. The molecule has 0 aromatic heterocycles. The summed E-state index contributed by atoms with van der Waals surface area (Å²) in [5.41, 5.74) is 27.0. The van der Waals surface area contributed by atoms with Gasteiger partial charge in [0.25, 0.3) is 0 Å². The van der Waals surface area contributed by atoms with Gasteiger partial charge in [-0.25, -0.2) is 0 Å². The molecule has 0 saturated heterocycles. The van der Waals surface area contributed by atoms with E-state index in [1.165, 1.54) is 0 Å². The van der Waals surface area contributed by atoms with E-state index in [2.05, 4.69) is 0 Å². The summed E-state index contributed by atoms with van der Waals surface area (Å²) in [4.78, 5) is 0. The Balaban J connectivity index is 0.00000144. The van der Waals surface area contributed by atoms with Crippen LogP contribution in [0.1, 0.15) is 0 Å². The van der Waals surface area contributed by atoms with E-state index in [1.807, 2.05) is 24.3 Å². The molecule has 0 fully saturated rings. The molecule has 4 nitrogen and oxygen atoms in total. The third-order valence-electron chi connectivity index (χ3n) is 2.51. The minimum atomic E-state index is 0. The van der Waals surface area contributed by atoms with Crippen molar-refractivity contribution in [3.8, 4) is 11.1 Å². The first-order chi connectivity index (χ1) is 7.58. The maximum Gasteiger partial charge on any atom is 0.0554 e. The van der Waals surface area contributed by atoms with Crippen molar-refractivity contribution in [1.29, 1.82) is 0 Å². The van der Waals surface area contributed by atoms with Gasteiger partial charge in [-0.3, -0.25) is 0 Å². The van der Waals surface area contributed by atoms with Crippen molar-refractivity contribution < 1.29 is 22.4 Å². The molecule has 17 heavy (non-hydrogen) atoms. The SMILES string of the molecule is Nc1ccc(-c2ccc(N)c(N)c2)cc1N.[Ag]. The number of hydrogen-bond acceptors (Lipinski definition) is 4. The van der Waals surface area contributed by atoms with Gasteiger partial charge < -0.3 is 22.9 Å². The average Bonchev–Trinajstić information content (AvgIpc) is 2.26. The molecular formula is C12H14AgN4. The Labute approximate surface area is 115 Å². The molecule has 0 spiro atoms. The first kappa shape index (κ1) is 13.4. The van der Waals surface area contributed by atoms with Crippen molar-refractivity contribution in [3.05, 3.63) is 36.4 Å². The third-order valence-corrected chi connectivity index (χ3v) is 2.51. The van der Waals surface area contributed by atoms with E-state index < -0.39 is 0 Å². The number of nitrogens with two attached hydrogens (primary N) is 4. The molecule has 0 aliphatic carbocycles. The van der Waals surface area contributed by atoms with Gasteiger partial charge in [-0.15, -0.1) is 0 Å². The van der Waals surface area contributed by atoms with Crippen LogP contribution in [0.25, 0.3) is 11.1 Å². The van der Waals surface area contributed by atoms with Crippen molar-refractivity contribution in [3.63, 3.8) is 0 Å². The summed E-state index contributed by atoms with van der Waals surface area (Å²) in [6.07, 6.45) is 0. The molecule has 5 heteroatoms. The molecule has 0 saturated carbocycles. The second-order valence-corrected chi connectivity index (χ2v) is 3.69. The van der Waals surface area contributed by atoms with E-state index in [0.717, 1.165) is 11.1 Å². The smallest absolute Gasteiger partial charge is 0.0554 e. The van der Waals surface area contributed by atoms with Crippen molar-refractivity contribution in [2.24, 2.45) is 0 Å². The molecule has 0 heterocycles. The summed E-state index contributed by atoms with van der Waals surface area (Å²) in [7, 11) is 0. The number of nitrogen functional groups attached to an aromatic ring is 4. The van der Waals surface area contributed by atoms with Crippen molar-refractivity contribution in [2.75, 3.05) is 22.9 Å². The molecule has 0 aliphatic rings. The van der Waals surface area contributed by atoms with Gasteiger partial charge in [-0.2, -0.15) is 0 Å². The number of hydrogen-bond donors (Lipinski definition) is 4. The Kier molecular flexibility index (Phi) is 4.07. The molecule has 0 unspecified atom stereocenters. The summed E-state index contributed by atoms with van der Waals surface area (Å²) in [6.45, 7) is 0. The fraction of sp³-hybridized carbons (Fsp3) is 0. The molecule has 0 bridgehead atoms. The predicted molar refractivity (Wildman–Crippen MR) is 69.5 cm³/mol. The van der Waals surface area contributed by atoms with Crippen LogP contribution in [0, 0.1) is 0 Å². The van der Waals surface area contributed by atoms with Gasteiger partial charge in [0.15, 0.2) is 0 Å². The average molecular weight is 322 g/mol. The molecule has 8 N–H and O–H groups in total. The van der Waals surface area contributed by atoms with Gasteiger partial charge in [-0.1, -0.05) is 12.1 Å². The molecule has 0 aliphatic heterocycles. The maximum atomic E-state index is 5.74. The van der Waals surface area contributed by atoms with Gasteiger partial charge in [0.05, 0.1) is 22.7 Å². The van der Waals surface area contributed by atoms with E-state index >= 15 is 0 Å². The standard InChI is InChI=1S/C12H14N4.Ag/c13-9-3-1-7(5-11(9)15)8-2-4-10(14)12(16)6-8;/h1-6H,13-16H2;. The third kappa shape index (κ3) is 2.74. The topological polar surface area (TPSA) is 104 Å². The van der Waals surface area contributed by atoms with Crippen LogP contribution in [-0.4, -0.2) is 0 Å². The van der Waals surface area contributed by atoms with E-state index in [1.54, 1.807) is 12.1 Å². The first-order valence-corrected chi connectivity index (χ1v) is 4.88. The zero-order valence-electron chi connectivity index (χ0n) is 9.08. The zero-order chi connectivity index (χ0) is 11.7. The largest absolute Gasteiger partial charge is 0.397 e. The van der Waals surface area contributed by atoms with Gasteiger partial charge >= 0.3 is 0 Å². The van der Waals surface area contributed by atoms with Crippen LogP contribution in [0.4, 0.5) is 22.7 Å². The fourth-order valence-corrected chi connectivity index (χ4v) is 1.51. The molecule has 1 radical (unpaired) electrons. The molecule has 2 aromatic rings. The second kappa shape index (κ2) is 5.14. The Hall–Kier alpha value is -1.62. The van der Waals surface area contributed by atoms with Crippen LogP contribution in [0.3, 0.4) is 0 Å². The van der Waals surface area contributed by atoms with Crippen LogP contribution < -0.4 is 22.9 Å².